The summed E-state index contributed by atoms with van der Waals surface area (Å²) in [6, 6.07) is 4.02. The topological polar surface area (TPSA) is 57.7 Å². The molecule has 20 heavy (non-hydrogen) atoms. The van der Waals surface area contributed by atoms with Crippen molar-refractivity contribution in [3.05, 3.63) is 22.4 Å². The van der Waals surface area contributed by atoms with Gasteiger partial charge in [0.25, 0.3) is 0 Å². The molecule has 0 radical (unpaired) electrons. The van der Waals surface area contributed by atoms with Crippen molar-refractivity contribution in [3.8, 4) is 0 Å². The fraction of sp³-hybridized carbons (Fsp3) is 0.615. The average molecular weight is 316 g/mol. The number of hydrogen-bond acceptors (Lipinski definition) is 4. The van der Waals surface area contributed by atoms with E-state index < -0.39 is 10.0 Å². The molecule has 2 rings (SSSR count). The van der Waals surface area contributed by atoms with Crippen molar-refractivity contribution in [2.75, 3.05) is 32.4 Å². The van der Waals surface area contributed by atoms with Crippen molar-refractivity contribution < 1.29 is 13.2 Å². The second kappa shape index (κ2) is 6.69. The lowest BCUT2D eigenvalue weighted by molar-refractivity contribution is -0.131. The van der Waals surface area contributed by atoms with Gasteiger partial charge in [-0.25, -0.2) is 12.7 Å². The third-order valence-electron chi connectivity index (χ3n) is 3.44. The van der Waals surface area contributed by atoms with Crippen molar-refractivity contribution >= 4 is 27.3 Å². The first kappa shape index (κ1) is 15.5. The van der Waals surface area contributed by atoms with Gasteiger partial charge in [-0.15, -0.1) is 11.3 Å². The van der Waals surface area contributed by atoms with Crippen molar-refractivity contribution in [3.63, 3.8) is 0 Å². The molecule has 1 saturated heterocycles. The van der Waals surface area contributed by atoms with Crippen LogP contribution >= 0.6 is 11.3 Å². The zero-order valence-electron chi connectivity index (χ0n) is 11.6. The molecule has 112 valence electrons. The Hall–Kier alpha value is -0.920. The SMILES string of the molecule is CS(=O)(=O)N1CCCN(C(=O)CCc2cccs2)CC1. The molecule has 7 heteroatoms. The normalized spacial score (nSPS) is 17.9. The van der Waals surface area contributed by atoms with Gasteiger partial charge in [0.15, 0.2) is 0 Å². The van der Waals surface area contributed by atoms with E-state index in [9.17, 15) is 13.2 Å². The fourth-order valence-corrected chi connectivity index (χ4v) is 3.90. The van der Waals surface area contributed by atoms with E-state index >= 15 is 0 Å². The Balaban J connectivity index is 1.85. The first-order chi connectivity index (χ1) is 9.47. The summed E-state index contributed by atoms with van der Waals surface area (Å²) in [6.45, 7) is 2.06. The predicted molar refractivity (Wildman–Crippen MR) is 80.3 cm³/mol. The van der Waals surface area contributed by atoms with E-state index in [0.717, 1.165) is 6.42 Å². The van der Waals surface area contributed by atoms with Crippen LogP contribution in [0.25, 0.3) is 0 Å². The van der Waals surface area contributed by atoms with Crippen LogP contribution in [0.3, 0.4) is 0 Å². The summed E-state index contributed by atoms with van der Waals surface area (Å²) >= 11 is 1.66. The van der Waals surface area contributed by atoms with Gasteiger partial charge in [0.05, 0.1) is 6.26 Å². The zero-order valence-corrected chi connectivity index (χ0v) is 13.3. The van der Waals surface area contributed by atoms with E-state index in [1.807, 2.05) is 17.5 Å². The molecule has 0 aliphatic carbocycles. The number of rotatable bonds is 4. The van der Waals surface area contributed by atoms with Gasteiger partial charge in [0.2, 0.25) is 15.9 Å². The van der Waals surface area contributed by atoms with Crippen LogP contribution in [-0.4, -0.2) is 56.0 Å². The van der Waals surface area contributed by atoms with Crippen LogP contribution < -0.4 is 0 Å². The average Bonchev–Trinajstić information content (AvgIpc) is 2.76. The molecule has 0 bridgehead atoms. The third-order valence-corrected chi connectivity index (χ3v) is 5.68. The molecule has 1 aliphatic rings. The van der Waals surface area contributed by atoms with Crippen LogP contribution in [0.2, 0.25) is 0 Å². The molecule has 0 aromatic carbocycles. The Morgan fingerprint density at radius 1 is 1.30 bits per heavy atom. The van der Waals surface area contributed by atoms with Gasteiger partial charge in [-0.2, -0.15) is 0 Å². The van der Waals surface area contributed by atoms with E-state index in [4.69, 9.17) is 0 Å². The highest BCUT2D eigenvalue weighted by molar-refractivity contribution is 7.88. The zero-order chi connectivity index (χ0) is 14.6. The van der Waals surface area contributed by atoms with Crippen LogP contribution in [0.15, 0.2) is 17.5 Å². The number of nitrogens with zero attached hydrogens (tertiary/aromatic N) is 2. The minimum Gasteiger partial charge on any atom is -0.341 e. The van der Waals surface area contributed by atoms with Crippen LogP contribution in [0.4, 0.5) is 0 Å². The summed E-state index contributed by atoms with van der Waals surface area (Å²) in [6.07, 6.45) is 3.20. The van der Waals surface area contributed by atoms with Gasteiger partial charge in [-0.1, -0.05) is 6.07 Å². The number of thiophene rings is 1. The van der Waals surface area contributed by atoms with E-state index in [2.05, 4.69) is 0 Å². The van der Waals surface area contributed by atoms with Gasteiger partial charge >= 0.3 is 0 Å². The molecule has 0 saturated carbocycles. The minimum absolute atomic E-state index is 0.119. The Bertz CT molecular complexity index is 540. The van der Waals surface area contributed by atoms with Crippen molar-refractivity contribution in [1.82, 2.24) is 9.21 Å². The monoisotopic (exact) mass is 316 g/mol. The lowest BCUT2D eigenvalue weighted by Crippen LogP contribution is -2.37. The molecule has 5 nitrogen and oxygen atoms in total. The Kier molecular flexibility index (Phi) is 5.17. The lowest BCUT2D eigenvalue weighted by Gasteiger charge is -2.21. The third kappa shape index (κ3) is 4.29. The number of carbonyl (C=O) groups excluding carboxylic acids is 1. The number of hydrogen-bond donors (Lipinski definition) is 0. The van der Waals surface area contributed by atoms with Gasteiger partial charge in [0.1, 0.15) is 0 Å². The molecule has 1 aromatic rings. The minimum atomic E-state index is -3.15. The maximum absolute atomic E-state index is 12.2. The fourth-order valence-electron chi connectivity index (χ4n) is 2.32. The quantitative estimate of drug-likeness (QED) is 0.838. The largest absolute Gasteiger partial charge is 0.341 e. The predicted octanol–water partition coefficient (Wildman–Crippen LogP) is 1.17. The van der Waals surface area contributed by atoms with Gasteiger partial charge in [-0.05, 0) is 24.3 Å². The maximum Gasteiger partial charge on any atom is 0.222 e. The molecular formula is C13H20N2O3S2. The first-order valence-electron chi connectivity index (χ1n) is 6.72. The molecule has 1 fully saturated rings. The van der Waals surface area contributed by atoms with Crippen LogP contribution in [-0.2, 0) is 21.2 Å². The summed E-state index contributed by atoms with van der Waals surface area (Å²) in [5.41, 5.74) is 0. The summed E-state index contributed by atoms with van der Waals surface area (Å²) in [5, 5.41) is 2.01. The van der Waals surface area contributed by atoms with Crippen molar-refractivity contribution in [2.24, 2.45) is 0 Å². The Morgan fingerprint density at radius 2 is 2.10 bits per heavy atom. The summed E-state index contributed by atoms with van der Waals surface area (Å²) < 4.78 is 24.5. The van der Waals surface area contributed by atoms with Gasteiger partial charge in [0, 0.05) is 37.5 Å². The maximum atomic E-state index is 12.2. The molecule has 1 amide bonds. The second-order valence-electron chi connectivity index (χ2n) is 4.98. The number of carbonyl (C=O) groups is 1. The molecule has 0 spiro atoms. The van der Waals surface area contributed by atoms with E-state index in [1.165, 1.54) is 15.4 Å². The highest BCUT2D eigenvalue weighted by Gasteiger charge is 2.23. The number of aryl methyl sites for hydroxylation is 1. The van der Waals surface area contributed by atoms with E-state index in [1.54, 1.807) is 16.2 Å². The molecule has 0 atom stereocenters. The van der Waals surface area contributed by atoms with Crippen molar-refractivity contribution in [1.29, 1.82) is 0 Å². The standard InChI is InChI=1S/C13H20N2O3S2/c1-20(17,18)15-8-3-7-14(9-10-15)13(16)6-5-12-4-2-11-19-12/h2,4,11H,3,5-10H2,1H3. The summed E-state index contributed by atoms with van der Waals surface area (Å²) in [5.74, 6) is 0.119. The smallest absolute Gasteiger partial charge is 0.222 e. The molecule has 2 heterocycles. The van der Waals surface area contributed by atoms with Crippen LogP contribution in [0.5, 0.6) is 0 Å². The van der Waals surface area contributed by atoms with Crippen LogP contribution in [0, 0.1) is 0 Å². The highest BCUT2D eigenvalue weighted by atomic mass is 32.2. The number of sulfonamides is 1. The molecule has 0 N–H and O–H groups in total. The lowest BCUT2D eigenvalue weighted by atomic mass is 10.2. The summed E-state index contributed by atoms with van der Waals surface area (Å²) in [4.78, 5) is 15.2. The highest BCUT2D eigenvalue weighted by Crippen LogP contribution is 2.13. The first-order valence-corrected chi connectivity index (χ1v) is 9.45. The van der Waals surface area contributed by atoms with Gasteiger partial charge < -0.3 is 4.90 Å². The van der Waals surface area contributed by atoms with Crippen LogP contribution in [0.1, 0.15) is 17.7 Å². The Labute approximate surface area is 124 Å². The van der Waals surface area contributed by atoms with E-state index in [-0.39, 0.29) is 5.91 Å². The van der Waals surface area contributed by atoms with Crippen molar-refractivity contribution in [2.45, 2.75) is 19.3 Å². The Morgan fingerprint density at radius 3 is 2.75 bits per heavy atom. The second-order valence-corrected chi connectivity index (χ2v) is 7.99. The van der Waals surface area contributed by atoms with E-state index in [0.29, 0.717) is 39.0 Å². The molecule has 0 unspecified atom stereocenters. The molecule has 1 aromatic heterocycles. The molecule has 1 aliphatic heterocycles. The summed E-state index contributed by atoms with van der Waals surface area (Å²) in [7, 11) is -3.15. The molecular weight excluding hydrogens is 296 g/mol. The number of amides is 1. The van der Waals surface area contributed by atoms with Gasteiger partial charge in [-0.3, -0.25) is 4.79 Å².